The van der Waals surface area contributed by atoms with Gasteiger partial charge in [0, 0.05) is 26.3 Å². The van der Waals surface area contributed by atoms with Crippen LogP contribution >= 0.6 is 12.6 Å². The topological polar surface area (TPSA) is 15.7 Å². The molecular formula is C17H32N2OS. The molecule has 0 N–H and O–H groups in total. The molecule has 3 aliphatic heterocycles. The fourth-order valence-corrected chi connectivity index (χ4v) is 4.72. The van der Waals surface area contributed by atoms with Crippen LogP contribution < -0.4 is 0 Å². The van der Waals surface area contributed by atoms with E-state index < -0.39 is 0 Å². The molecule has 0 spiro atoms. The van der Waals surface area contributed by atoms with E-state index in [9.17, 15) is 0 Å². The zero-order valence-corrected chi connectivity index (χ0v) is 14.3. The van der Waals surface area contributed by atoms with Gasteiger partial charge in [0.25, 0.3) is 0 Å². The molecule has 3 heterocycles. The van der Waals surface area contributed by atoms with Crippen molar-refractivity contribution in [1.29, 1.82) is 0 Å². The Morgan fingerprint density at radius 3 is 2.24 bits per heavy atom. The molecule has 0 radical (unpaired) electrons. The monoisotopic (exact) mass is 312 g/mol. The predicted molar refractivity (Wildman–Crippen MR) is 91.2 cm³/mol. The van der Waals surface area contributed by atoms with Crippen molar-refractivity contribution in [1.82, 2.24) is 9.80 Å². The Bertz CT molecular complexity index is 306. The maximum Gasteiger partial charge on any atom is 0.0472 e. The summed E-state index contributed by atoms with van der Waals surface area (Å²) in [5, 5.41) is 0. The van der Waals surface area contributed by atoms with Crippen molar-refractivity contribution in [3.63, 3.8) is 0 Å². The van der Waals surface area contributed by atoms with E-state index in [0.29, 0.717) is 5.41 Å². The second-order valence-electron chi connectivity index (χ2n) is 7.50. The van der Waals surface area contributed by atoms with Crippen LogP contribution in [0, 0.1) is 11.3 Å². The number of nitrogens with zero attached hydrogens (tertiary/aromatic N) is 2. The lowest BCUT2D eigenvalue weighted by Crippen LogP contribution is -2.46. The SMILES string of the molecule is SCC1(CN2CCC(CN3CCCC3)CC2)CCOCC1. The van der Waals surface area contributed by atoms with Crippen molar-refractivity contribution in [3.8, 4) is 0 Å². The second kappa shape index (κ2) is 7.67. The van der Waals surface area contributed by atoms with Gasteiger partial charge in [-0.05, 0) is 81.8 Å². The molecule has 0 aromatic carbocycles. The van der Waals surface area contributed by atoms with Gasteiger partial charge in [-0.1, -0.05) is 0 Å². The van der Waals surface area contributed by atoms with Crippen molar-refractivity contribution in [3.05, 3.63) is 0 Å². The highest BCUT2D eigenvalue weighted by Crippen LogP contribution is 2.34. The van der Waals surface area contributed by atoms with Gasteiger partial charge in [-0.2, -0.15) is 12.6 Å². The first-order valence-corrected chi connectivity index (χ1v) is 9.56. The number of hydrogen-bond donors (Lipinski definition) is 1. The molecule has 0 unspecified atom stereocenters. The molecule has 0 amide bonds. The minimum atomic E-state index is 0.420. The second-order valence-corrected chi connectivity index (χ2v) is 7.81. The molecule has 3 saturated heterocycles. The third-order valence-electron chi connectivity index (χ3n) is 5.87. The maximum atomic E-state index is 5.55. The lowest BCUT2D eigenvalue weighted by Gasteiger charge is -2.42. The molecule has 0 bridgehead atoms. The van der Waals surface area contributed by atoms with E-state index in [1.807, 2.05) is 0 Å². The van der Waals surface area contributed by atoms with E-state index in [1.165, 1.54) is 77.8 Å². The number of hydrogen-bond acceptors (Lipinski definition) is 4. The van der Waals surface area contributed by atoms with E-state index in [4.69, 9.17) is 4.74 Å². The molecule has 3 aliphatic rings. The number of piperidine rings is 1. The summed E-state index contributed by atoms with van der Waals surface area (Å²) in [6.45, 7) is 9.78. The van der Waals surface area contributed by atoms with E-state index >= 15 is 0 Å². The lowest BCUT2D eigenvalue weighted by molar-refractivity contribution is 0.00137. The minimum Gasteiger partial charge on any atom is -0.381 e. The summed E-state index contributed by atoms with van der Waals surface area (Å²) in [5.41, 5.74) is 0.420. The Balaban J connectivity index is 1.42. The highest BCUT2D eigenvalue weighted by atomic mass is 32.1. The number of rotatable bonds is 5. The van der Waals surface area contributed by atoms with E-state index in [-0.39, 0.29) is 0 Å². The Labute approximate surface area is 135 Å². The third-order valence-corrected chi connectivity index (χ3v) is 6.54. The molecule has 21 heavy (non-hydrogen) atoms. The minimum absolute atomic E-state index is 0.420. The van der Waals surface area contributed by atoms with Crippen LogP contribution in [0.3, 0.4) is 0 Å². The van der Waals surface area contributed by atoms with E-state index in [1.54, 1.807) is 0 Å². The smallest absolute Gasteiger partial charge is 0.0472 e. The Kier molecular flexibility index (Phi) is 5.88. The summed E-state index contributed by atoms with van der Waals surface area (Å²) < 4.78 is 5.55. The van der Waals surface area contributed by atoms with Crippen molar-refractivity contribution in [2.75, 3.05) is 58.2 Å². The van der Waals surface area contributed by atoms with Gasteiger partial charge < -0.3 is 14.5 Å². The van der Waals surface area contributed by atoms with Crippen molar-refractivity contribution in [2.24, 2.45) is 11.3 Å². The summed E-state index contributed by atoms with van der Waals surface area (Å²) in [6.07, 6.45) is 8.04. The van der Waals surface area contributed by atoms with Gasteiger partial charge in [0.2, 0.25) is 0 Å². The number of thiol groups is 1. The Morgan fingerprint density at radius 1 is 0.952 bits per heavy atom. The fraction of sp³-hybridized carbons (Fsp3) is 1.00. The maximum absolute atomic E-state index is 5.55. The molecule has 0 aromatic heterocycles. The first-order valence-electron chi connectivity index (χ1n) is 8.93. The summed E-state index contributed by atoms with van der Waals surface area (Å²) in [5.74, 6) is 1.96. The molecule has 0 aliphatic carbocycles. The average Bonchev–Trinajstić information content (AvgIpc) is 3.03. The summed E-state index contributed by atoms with van der Waals surface area (Å²) in [4.78, 5) is 5.40. The third kappa shape index (κ3) is 4.37. The van der Waals surface area contributed by atoms with Crippen LogP contribution in [0.15, 0.2) is 0 Å². The van der Waals surface area contributed by atoms with Gasteiger partial charge in [-0.15, -0.1) is 0 Å². The standard InChI is InChI=1S/C17H32N2OS/c21-15-17(5-11-20-12-6-17)14-19-9-3-16(4-10-19)13-18-7-1-2-8-18/h16,21H,1-15H2. The largest absolute Gasteiger partial charge is 0.381 e. The molecule has 0 aromatic rings. The molecule has 0 saturated carbocycles. The Morgan fingerprint density at radius 2 is 1.62 bits per heavy atom. The molecule has 3 fully saturated rings. The summed E-state index contributed by atoms with van der Waals surface area (Å²) in [6, 6.07) is 0. The van der Waals surface area contributed by atoms with E-state index in [2.05, 4.69) is 22.4 Å². The summed E-state index contributed by atoms with van der Waals surface area (Å²) >= 11 is 4.66. The van der Waals surface area contributed by atoms with Gasteiger partial charge in [-0.3, -0.25) is 0 Å². The van der Waals surface area contributed by atoms with Gasteiger partial charge >= 0.3 is 0 Å². The highest BCUT2D eigenvalue weighted by Gasteiger charge is 2.34. The predicted octanol–water partition coefficient (Wildman–Crippen LogP) is 2.52. The van der Waals surface area contributed by atoms with Crippen LogP contribution in [-0.4, -0.2) is 68.0 Å². The summed E-state index contributed by atoms with van der Waals surface area (Å²) in [7, 11) is 0. The molecule has 3 nitrogen and oxygen atoms in total. The quantitative estimate of drug-likeness (QED) is 0.786. The zero-order valence-electron chi connectivity index (χ0n) is 13.4. The lowest BCUT2D eigenvalue weighted by atomic mass is 9.81. The first-order chi connectivity index (χ1) is 10.3. The normalized spacial score (nSPS) is 29.0. The van der Waals surface area contributed by atoms with Crippen LogP contribution in [0.2, 0.25) is 0 Å². The van der Waals surface area contributed by atoms with Crippen LogP contribution in [0.25, 0.3) is 0 Å². The van der Waals surface area contributed by atoms with Gasteiger partial charge in [-0.25, -0.2) is 0 Å². The first kappa shape index (κ1) is 16.1. The number of ether oxygens (including phenoxy) is 1. The molecule has 0 atom stereocenters. The number of likely N-dealkylation sites (tertiary alicyclic amines) is 2. The van der Waals surface area contributed by atoms with Gasteiger partial charge in [0.05, 0.1) is 0 Å². The van der Waals surface area contributed by atoms with Crippen LogP contribution in [0.4, 0.5) is 0 Å². The highest BCUT2D eigenvalue weighted by molar-refractivity contribution is 7.80. The molecule has 4 heteroatoms. The van der Waals surface area contributed by atoms with Gasteiger partial charge in [0.1, 0.15) is 0 Å². The van der Waals surface area contributed by atoms with E-state index in [0.717, 1.165) is 24.9 Å². The zero-order chi connectivity index (χ0) is 14.5. The van der Waals surface area contributed by atoms with Crippen LogP contribution in [-0.2, 0) is 4.74 Å². The average molecular weight is 313 g/mol. The van der Waals surface area contributed by atoms with Crippen LogP contribution in [0.5, 0.6) is 0 Å². The molecule has 122 valence electrons. The Hall–Kier alpha value is 0.230. The molecule has 3 rings (SSSR count). The van der Waals surface area contributed by atoms with Gasteiger partial charge in [0.15, 0.2) is 0 Å². The fourth-order valence-electron chi connectivity index (χ4n) is 4.30. The van der Waals surface area contributed by atoms with Crippen molar-refractivity contribution < 1.29 is 4.74 Å². The van der Waals surface area contributed by atoms with Crippen molar-refractivity contribution in [2.45, 2.75) is 38.5 Å². The van der Waals surface area contributed by atoms with Crippen LogP contribution in [0.1, 0.15) is 38.5 Å². The van der Waals surface area contributed by atoms with Crippen molar-refractivity contribution >= 4 is 12.6 Å². The molecular weight excluding hydrogens is 280 g/mol.